The Labute approximate surface area is 221 Å². The molecular weight excluding hydrogens is 527 g/mol. The molecule has 4 heterocycles. The fourth-order valence-corrected chi connectivity index (χ4v) is 6.34. The van der Waals surface area contributed by atoms with Crippen LogP contribution >= 0.6 is 0 Å². The van der Waals surface area contributed by atoms with Crippen LogP contribution in [-0.2, 0) is 16.6 Å². The van der Waals surface area contributed by atoms with Crippen LogP contribution in [0.1, 0.15) is 35.7 Å². The van der Waals surface area contributed by atoms with Crippen LogP contribution in [0.3, 0.4) is 0 Å². The smallest absolute Gasteiger partial charge is 0.281 e. The monoisotopic (exact) mass is 550 g/mol. The van der Waals surface area contributed by atoms with Crippen molar-refractivity contribution >= 4 is 21.2 Å². The van der Waals surface area contributed by atoms with Gasteiger partial charge in [0.05, 0.1) is 17.1 Å². The van der Waals surface area contributed by atoms with Crippen LogP contribution in [0.4, 0.5) is 4.39 Å². The van der Waals surface area contributed by atoms with E-state index >= 15 is 0 Å². The van der Waals surface area contributed by atoms with Crippen molar-refractivity contribution in [3.63, 3.8) is 0 Å². The van der Waals surface area contributed by atoms with Crippen molar-refractivity contribution < 1.29 is 12.8 Å². The molecule has 3 aromatic heterocycles. The number of aryl methyl sites for hydroxylation is 1. The maximum absolute atomic E-state index is 13.4. The number of nitrogens with one attached hydrogen (secondary N) is 1. The minimum Gasteiger partial charge on any atom is -0.308 e. The summed E-state index contributed by atoms with van der Waals surface area (Å²) >= 11 is 0. The normalized spacial score (nSPS) is 15.2. The first kappa shape index (κ1) is 24.9. The second kappa shape index (κ2) is 9.74. The third-order valence-corrected chi connectivity index (χ3v) is 8.77. The van der Waals surface area contributed by atoms with E-state index in [1.807, 2.05) is 0 Å². The molecule has 0 radical (unpaired) electrons. The van der Waals surface area contributed by atoms with Crippen molar-refractivity contribution in [3.05, 3.63) is 81.9 Å². The Morgan fingerprint density at radius 1 is 1.08 bits per heavy atom. The van der Waals surface area contributed by atoms with Crippen molar-refractivity contribution in [2.75, 3.05) is 13.1 Å². The first-order valence-electron chi connectivity index (χ1n) is 12.2. The largest absolute Gasteiger partial charge is 0.308 e. The lowest BCUT2D eigenvalue weighted by Crippen LogP contribution is -2.38. The highest BCUT2D eigenvalue weighted by atomic mass is 32.2. The van der Waals surface area contributed by atoms with E-state index in [1.54, 1.807) is 37.3 Å². The van der Waals surface area contributed by atoms with Crippen molar-refractivity contribution in [2.24, 2.45) is 0 Å². The van der Waals surface area contributed by atoms with E-state index in [0.717, 1.165) is 11.1 Å². The number of aromatic nitrogens is 9. The molecule has 0 amide bonds. The van der Waals surface area contributed by atoms with Gasteiger partial charge in [-0.1, -0.05) is 17.3 Å². The van der Waals surface area contributed by atoms with E-state index in [9.17, 15) is 17.6 Å². The number of hydrogen-bond acceptors (Lipinski definition) is 9. The highest BCUT2D eigenvalue weighted by Gasteiger charge is 2.31. The summed E-state index contributed by atoms with van der Waals surface area (Å²) in [6.07, 6.45) is 2.41. The maximum atomic E-state index is 13.4. The van der Waals surface area contributed by atoms with E-state index in [2.05, 4.69) is 35.8 Å². The molecule has 0 saturated carbocycles. The van der Waals surface area contributed by atoms with Gasteiger partial charge in [-0.3, -0.25) is 4.79 Å². The van der Waals surface area contributed by atoms with Gasteiger partial charge in [0.2, 0.25) is 10.0 Å². The van der Waals surface area contributed by atoms with Crippen LogP contribution in [0.25, 0.3) is 16.9 Å². The summed E-state index contributed by atoms with van der Waals surface area (Å²) in [5.74, 6) is -0.0237. The van der Waals surface area contributed by atoms with Gasteiger partial charge in [-0.2, -0.15) is 4.31 Å². The summed E-state index contributed by atoms with van der Waals surface area (Å²) in [4.78, 5) is 20.4. The molecule has 13 nitrogen and oxygen atoms in total. The van der Waals surface area contributed by atoms with Gasteiger partial charge >= 0.3 is 0 Å². The number of nitrogens with zero attached hydrogens (tertiary/aromatic N) is 9. The summed E-state index contributed by atoms with van der Waals surface area (Å²) in [6, 6.07) is 10.8. The second-order valence-electron chi connectivity index (χ2n) is 9.38. The van der Waals surface area contributed by atoms with Crippen LogP contribution < -0.4 is 5.56 Å². The first-order valence-corrected chi connectivity index (χ1v) is 13.7. The molecule has 0 unspecified atom stereocenters. The summed E-state index contributed by atoms with van der Waals surface area (Å²) < 4.78 is 44.5. The number of hydrogen-bond donors (Lipinski definition) is 1. The third kappa shape index (κ3) is 4.70. The predicted molar refractivity (Wildman–Crippen MR) is 136 cm³/mol. The molecular formula is C24H23FN10O3S. The summed E-state index contributed by atoms with van der Waals surface area (Å²) in [7, 11) is -3.72. The zero-order chi connectivity index (χ0) is 27.1. The number of piperidine rings is 1. The second-order valence-corrected chi connectivity index (χ2v) is 11.3. The van der Waals surface area contributed by atoms with Crippen LogP contribution in [0.15, 0.2) is 58.5 Å². The van der Waals surface area contributed by atoms with Gasteiger partial charge in [-0.05, 0) is 71.7 Å². The van der Waals surface area contributed by atoms with Gasteiger partial charge < -0.3 is 4.98 Å². The Morgan fingerprint density at radius 3 is 2.54 bits per heavy atom. The number of halogens is 1. The van der Waals surface area contributed by atoms with E-state index in [1.165, 1.54) is 32.1 Å². The molecule has 0 aliphatic carbocycles. The molecule has 1 fully saturated rings. The van der Waals surface area contributed by atoms with Crippen LogP contribution in [0.5, 0.6) is 0 Å². The van der Waals surface area contributed by atoms with E-state index in [-0.39, 0.29) is 41.8 Å². The quantitative estimate of drug-likeness (QED) is 0.331. The minimum atomic E-state index is -3.72. The molecule has 0 atom stereocenters. The Morgan fingerprint density at radius 2 is 1.85 bits per heavy atom. The Hall–Kier alpha value is -4.37. The fraction of sp³-hybridized carbons (Fsp3) is 0.292. The molecule has 0 bridgehead atoms. The lowest BCUT2D eigenvalue weighted by atomic mass is 9.97. The molecule has 6 rings (SSSR count). The molecule has 1 aliphatic heterocycles. The third-order valence-electron chi connectivity index (χ3n) is 6.88. The highest BCUT2D eigenvalue weighted by molar-refractivity contribution is 7.89. The molecule has 5 aromatic rings. The molecule has 1 N–H and O–H groups in total. The molecule has 200 valence electrons. The number of rotatable bonds is 6. The van der Waals surface area contributed by atoms with E-state index in [4.69, 9.17) is 0 Å². The first-order chi connectivity index (χ1) is 18.8. The summed E-state index contributed by atoms with van der Waals surface area (Å²) in [6.45, 7) is 2.62. The number of tetrazole rings is 1. The van der Waals surface area contributed by atoms with E-state index < -0.39 is 15.6 Å². The summed E-state index contributed by atoms with van der Waals surface area (Å²) in [5, 5.41) is 19.1. The van der Waals surface area contributed by atoms with Crippen molar-refractivity contribution in [1.82, 2.24) is 49.5 Å². The van der Waals surface area contributed by atoms with Crippen molar-refractivity contribution in [2.45, 2.75) is 37.1 Å². The maximum Gasteiger partial charge on any atom is 0.281 e. The van der Waals surface area contributed by atoms with Gasteiger partial charge in [0, 0.05) is 19.0 Å². The topological polar surface area (TPSA) is 157 Å². The lowest BCUT2D eigenvalue weighted by Gasteiger charge is -2.30. The molecule has 1 saturated heterocycles. The zero-order valence-electron chi connectivity index (χ0n) is 20.8. The van der Waals surface area contributed by atoms with Crippen molar-refractivity contribution in [1.29, 1.82) is 0 Å². The molecule has 39 heavy (non-hydrogen) atoms. The van der Waals surface area contributed by atoms with Gasteiger partial charge in [-0.15, -0.1) is 10.2 Å². The standard InChI is InChI=1S/C24H23FN10O3S/c1-15-12-19(6-7-20(15)35-14-26-30-32-35)39(37,38)33-10-8-17(9-11-33)22-27-23-21(24(36)28-22)29-31-34(23)13-16-2-4-18(25)5-3-16/h2-7,12,14,17H,8-11,13H2,1H3,(H,27,28,36). The minimum absolute atomic E-state index is 0.112. The lowest BCUT2D eigenvalue weighted by molar-refractivity contribution is 0.313. The Balaban J connectivity index is 1.20. The summed E-state index contributed by atoms with van der Waals surface area (Å²) in [5.41, 5.74) is 2.23. The SMILES string of the molecule is Cc1cc(S(=O)(=O)N2CCC(c3nc4c(nnn4Cc4ccc(F)cc4)c(=O)[nH]3)CC2)ccc1-n1cnnn1. The molecule has 15 heteroatoms. The van der Waals surface area contributed by atoms with Crippen molar-refractivity contribution in [3.8, 4) is 5.69 Å². The fourth-order valence-electron chi connectivity index (χ4n) is 4.78. The predicted octanol–water partition coefficient (Wildman–Crippen LogP) is 1.55. The van der Waals surface area contributed by atoms with Gasteiger partial charge in [0.15, 0.2) is 11.2 Å². The number of aromatic amines is 1. The number of sulfonamides is 1. The van der Waals surface area contributed by atoms with Crippen LogP contribution in [0, 0.1) is 12.7 Å². The van der Waals surface area contributed by atoms with Gasteiger partial charge in [0.25, 0.3) is 5.56 Å². The van der Waals surface area contributed by atoms with Crippen LogP contribution in [-0.4, -0.2) is 71.0 Å². The van der Waals surface area contributed by atoms with Crippen LogP contribution in [0.2, 0.25) is 0 Å². The average Bonchev–Trinajstić information content (AvgIpc) is 3.61. The number of H-pyrrole nitrogens is 1. The molecule has 2 aromatic carbocycles. The number of benzene rings is 2. The average molecular weight is 551 g/mol. The van der Waals surface area contributed by atoms with E-state index in [0.29, 0.717) is 30.0 Å². The van der Waals surface area contributed by atoms with Gasteiger partial charge in [-0.25, -0.2) is 27.2 Å². The number of fused-ring (bicyclic) bond motifs is 1. The molecule has 0 spiro atoms. The Bertz CT molecular complexity index is 1810. The Kier molecular flexibility index (Phi) is 6.23. The highest BCUT2D eigenvalue weighted by Crippen LogP contribution is 2.30. The molecule has 1 aliphatic rings. The van der Waals surface area contributed by atoms with Gasteiger partial charge in [0.1, 0.15) is 18.0 Å². The zero-order valence-corrected chi connectivity index (χ0v) is 21.6.